The van der Waals surface area contributed by atoms with Crippen molar-refractivity contribution in [3.05, 3.63) is 70.4 Å². The molecule has 0 radical (unpaired) electrons. The minimum absolute atomic E-state index is 0.147. The molecule has 1 aliphatic heterocycles. The molecule has 168 valence electrons. The molecule has 0 unspecified atom stereocenters. The maximum absolute atomic E-state index is 13.5. The number of carbonyl (C=O) groups excluding carboxylic acids is 1. The Bertz CT molecular complexity index is 1140. The van der Waals surface area contributed by atoms with Crippen molar-refractivity contribution in [2.45, 2.75) is 39.2 Å². The Labute approximate surface area is 187 Å². The van der Waals surface area contributed by atoms with Gasteiger partial charge in [0, 0.05) is 43.8 Å². The number of anilines is 1. The van der Waals surface area contributed by atoms with Gasteiger partial charge in [0.15, 0.2) is 5.69 Å². The van der Waals surface area contributed by atoms with Gasteiger partial charge in [-0.05, 0) is 43.2 Å². The molecule has 32 heavy (non-hydrogen) atoms. The summed E-state index contributed by atoms with van der Waals surface area (Å²) in [5.74, 6) is -0.404. The highest BCUT2D eigenvalue weighted by Crippen LogP contribution is 2.20. The van der Waals surface area contributed by atoms with E-state index in [1.165, 1.54) is 16.8 Å². The quantitative estimate of drug-likeness (QED) is 0.547. The predicted octanol–water partition coefficient (Wildman–Crippen LogP) is 4.08. The number of aryl methyl sites for hydroxylation is 1. The van der Waals surface area contributed by atoms with E-state index < -0.39 is 0 Å². The molecule has 7 heteroatoms. The summed E-state index contributed by atoms with van der Waals surface area (Å²) in [5, 5.41) is 5.66. The summed E-state index contributed by atoms with van der Waals surface area (Å²) in [6.45, 7) is 5.23. The number of hydrogen-bond donors (Lipinski definition) is 0. The molecule has 6 nitrogen and oxygen atoms in total. The molecule has 1 aliphatic rings. The van der Waals surface area contributed by atoms with E-state index in [-0.39, 0.29) is 17.3 Å². The van der Waals surface area contributed by atoms with Crippen LogP contribution in [0.4, 0.5) is 10.1 Å². The highest BCUT2D eigenvalue weighted by Gasteiger charge is 2.24. The standard InChI is InChI=1S/C25H29FN4O2/c1-2-3-6-16-30-24(31)22-9-5-4-8-21(22)23(27-30)25(32)29-15-7-14-28(17-18-29)20-12-10-19(26)11-13-20/h4-5,8-13H,2-3,6-7,14-18H2,1H3. The average molecular weight is 437 g/mol. The van der Waals surface area contributed by atoms with Crippen LogP contribution in [-0.4, -0.2) is 46.8 Å². The Morgan fingerprint density at radius 1 is 0.969 bits per heavy atom. The molecule has 4 rings (SSSR count). The van der Waals surface area contributed by atoms with Gasteiger partial charge >= 0.3 is 0 Å². The van der Waals surface area contributed by atoms with E-state index in [1.54, 1.807) is 24.3 Å². The van der Waals surface area contributed by atoms with E-state index in [0.717, 1.165) is 37.9 Å². The average Bonchev–Trinajstić information content (AvgIpc) is 3.07. The van der Waals surface area contributed by atoms with Crippen LogP contribution in [0, 0.1) is 5.82 Å². The van der Waals surface area contributed by atoms with Gasteiger partial charge in [0.25, 0.3) is 11.5 Å². The van der Waals surface area contributed by atoms with Crippen LogP contribution in [0.3, 0.4) is 0 Å². The lowest BCUT2D eigenvalue weighted by Crippen LogP contribution is -2.37. The van der Waals surface area contributed by atoms with Crippen molar-refractivity contribution in [1.29, 1.82) is 0 Å². The number of halogens is 1. The Hall–Kier alpha value is -3.22. The van der Waals surface area contributed by atoms with E-state index in [4.69, 9.17) is 0 Å². The van der Waals surface area contributed by atoms with Crippen LogP contribution in [0.5, 0.6) is 0 Å². The third kappa shape index (κ3) is 4.66. The van der Waals surface area contributed by atoms with Crippen LogP contribution >= 0.6 is 0 Å². The van der Waals surface area contributed by atoms with Crippen molar-refractivity contribution in [2.75, 3.05) is 31.1 Å². The Kier molecular flexibility index (Phi) is 6.83. The van der Waals surface area contributed by atoms with Gasteiger partial charge in [-0.2, -0.15) is 5.10 Å². The van der Waals surface area contributed by atoms with Crippen LogP contribution in [0.2, 0.25) is 0 Å². The summed E-state index contributed by atoms with van der Waals surface area (Å²) in [5.41, 5.74) is 1.15. The number of carbonyl (C=O) groups is 1. The molecule has 0 spiro atoms. The normalized spacial score (nSPS) is 14.6. The Balaban J connectivity index is 1.59. The second-order valence-corrected chi connectivity index (χ2v) is 8.24. The first-order chi connectivity index (χ1) is 15.6. The van der Waals surface area contributed by atoms with Gasteiger partial charge in [0.05, 0.1) is 5.39 Å². The molecule has 0 bridgehead atoms. The van der Waals surface area contributed by atoms with Crippen LogP contribution in [0.15, 0.2) is 53.3 Å². The SMILES string of the molecule is CCCCCn1nc(C(=O)N2CCCN(c3ccc(F)cc3)CC2)c2ccccc2c1=O. The van der Waals surface area contributed by atoms with Gasteiger partial charge in [0.2, 0.25) is 0 Å². The second-order valence-electron chi connectivity index (χ2n) is 8.24. The fourth-order valence-corrected chi connectivity index (χ4v) is 4.24. The molecular formula is C25H29FN4O2. The summed E-state index contributed by atoms with van der Waals surface area (Å²) in [7, 11) is 0. The van der Waals surface area contributed by atoms with E-state index in [9.17, 15) is 14.0 Å². The fourth-order valence-electron chi connectivity index (χ4n) is 4.24. The highest BCUT2D eigenvalue weighted by atomic mass is 19.1. The number of fused-ring (bicyclic) bond motifs is 1. The lowest BCUT2D eigenvalue weighted by molar-refractivity contribution is 0.0760. The van der Waals surface area contributed by atoms with Crippen molar-refractivity contribution >= 4 is 22.4 Å². The molecule has 0 N–H and O–H groups in total. The number of hydrogen-bond acceptors (Lipinski definition) is 4. The van der Waals surface area contributed by atoms with E-state index in [2.05, 4.69) is 16.9 Å². The topological polar surface area (TPSA) is 58.4 Å². The third-order valence-corrected chi connectivity index (χ3v) is 6.02. The van der Waals surface area contributed by atoms with Gasteiger partial charge in [-0.15, -0.1) is 0 Å². The van der Waals surface area contributed by atoms with Gasteiger partial charge < -0.3 is 9.80 Å². The Morgan fingerprint density at radius 3 is 2.47 bits per heavy atom. The smallest absolute Gasteiger partial charge is 0.275 e. The molecule has 0 saturated carbocycles. The predicted molar refractivity (Wildman–Crippen MR) is 125 cm³/mol. The molecular weight excluding hydrogens is 407 g/mol. The monoisotopic (exact) mass is 436 g/mol. The zero-order valence-electron chi connectivity index (χ0n) is 18.5. The molecule has 2 heterocycles. The molecule has 0 aliphatic carbocycles. The number of amides is 1. The van der Waals surface area contributed by atoms with E-state index in [1.807, 2.05) is 17.0 Å². The summed E-state index contributed by atoms with van der Waals surface area (Å²) >= 11 is 0. The summed E-state index contributed by atoms with van der Waals surface area (Å²) in [6, 6.07) is 13.7. The molecule has 1 aromatic heterocycles. The molecule has 1 fully saturated rings. The lowest BCUT2D eigenvalue weighted by atomic mass is 10.1. The summed E-state index contributed by atoms with van der Waals surface area (Å²) < 4.78 is 14.7. The van der Waals surface area contributed by atoms with E-state index in [0.29, 0.717) is 42.6 Å². The van der Waals surface area contributed by atoms with Crippen molar-refractivity contribution < 1.29 is 9.18 Å². The number of aromatic nitrogens is 2. The largest absolute Gasteiger partial charge is 0.370 e. The van der Waals surface area contributed by atoms with Gasteiger partial charge in [-0.25, -0.2) is 9.07 Å². The third-order valence-electron chi connectivity index (χ3n) is 6.02. The fraction of sp³-hybridized carbons (Fsp3) is 0.400. The molecule has 0 atom stereocenters. The minimum atomic E-state index is -0.257. The van der Waals surface area contributed by atoms with Gasteiger partial charge in [-0.1, -0.05) is 38.0 Å². The first-order valence-corrected chi connectivity index (χ1v) is 11.4. The first-order valence-electron chi connectivity index (χ1n) is 11.4. The first kappa shape index (κ1) is 22.0. The highest BCUT2D eigenvalue weighted by molar-refractivity contribution is 6.04. The van der Waals surface area contributed by atoms with Gasteiger partial charge in [0.1, 0.15) is 5.82 Å². The van der Waals surface area contributed by atoms with Crippen molar-refractivity contribution in [3.63, 3.8) is 0 Å². The van der Waals surface area contributed by atoms with Crippen molar-refractivity contribution in [2.24, 2.45) is 0 Å². The molecule has 2 aromatic carbocycles. The van der Waals surface area contributed by atoms with Crippen LogP contribution in [0.1, 0.15) is 43.1 Å². The van der Waals surface area contributed by atoms with Crippen LogP contribution < -0.4 is 10.5 Å². The summed E-state index contributed by atoms with van der Waals surface area (Å²) in [6.07, 6.45) is 3.71. The Morgan fingerprint density at radius 2 is 1.72 bits per heavy atom. The van der Waals surface area contributed by atoms with Crippen LogP contribution in [-0.2, 0) is 6.54 Å². The van der Waals surface area contributed by atoms with E-state index >= 15 is 0 Å². The maximum Gasteiger partial charge on any atom is 0.275 e. The number of benzene rings is 2. The van der Waals surface area contributed by atoms with Gasteiger partial charge in [-0.3, -0.25) is 9.59 Å². The summed E-state index contributed by atoms with van der Waals surface area (Å²) in [4.78, 5) is 30.4. The molecule has 1 amide bonds. The molecule has 3 aromatic rings. The zero-order valence-corrected chi connectivity index (χ0v) is 18.5. The second kappa shape index (κ2) is 9.94. The van der Waals surface area contributed by atoms with Crippen molar-refractivity contribution in [1.82, 2.24) is 14.7 Å². The minimum Gasteiger partial charge on any atom is -0.370 e. The number of rotatable bonds is 6. The molecule has 1 saturated heterocycles. The van der Waals surface area contributed by atoms with Crippen LogP contribution in [0.25, 0.3) is 10.8 Å². The number of nitrogens with zero attached hydrogens (tertiary/aromatic N) is 4. The van der Waals surface area contributed by atoms with Crippen molar-refractivity contribution in [3.8, 4) is 0 Å². The zero-order chi connectivity index (χ0) is 22.5. The lowest BCUT2D eigenvalue weighted by Gasteiger charge is -2.24. The maximum atomic E-state index is 13.5. The number of unbranched alkanes of at least 4 members (excludes halogenated alkanes) is 2.